The lowest BCUT2D eigenvalue weighted by atomic mass is 10.1. The predicted octanol–water partition coefficient (Wildman–Crippen LogP) is 2.83. The van der Waals surface area contributed by atoms with Crippen LogP contribution in [0, 0.1) is 0 Å². The lowest BCUT2D eigenvalue weighted by Crippen LogP contribution is -1.94. The van der Waals surface area contributed by atoms with Gasteiger partial charge in [0.25, 0.3) is 0 Å². The number of rotatable bonds is 3. The summed E-state index contributed by atoms with van der Waals surface area (Å²) in [5.41, 5.74) is 2.99. The number of hydrogen-bond donors (Lipinski definition) is 0. The minimum absolute atomic E-state index is 0.428. The minimum atomic E-state index is 0.428. The van der Waals surface area contributed by atoms with E-state index in [-0.39, 0.29) is 0 Å². The molecule has 2 aromatic rings. The number of methoxy groups -OCH3 is 1. The maximum absolute atomic E-state index is 5.76. The normalized spacial score (nSPS) is 10.4. The Morgan fingerprint density at radius 1 is 1.38 bits per heavy atom. The molecule has 0 aliphatic carbocycles. The Bertz CT molecular complexity index is 494. The molecule has 0 aliphatic heterocycles. The number of alkyl halides is 1. The molecule has 0 saturated heterocycles. The zero-order valence-corrected chi connectivity index (χ0v) is 10.0. The molecule has 4 heteroatoms. The topological polar surface area (TPSA) is 27.1 Å². The van der Waals surface area contributed by atoms with Gasteiger partial charge in [-0.25, -0.2) is 0 Å². The van der Waals surface area contributed by atoms with Gasteiger partial charge in [-0.05, 0) is 18.2 Å². The molecule has 1 aromatic carbocycles. The van der Waals surface area contributed by atoms with E-state index >= 15 is 0 Å². The van der Waals surface area contributed by atoms with Crippen LogP contribution in [0.25, 0.3) is 11.3 Å². The van der Waals surface area contributed by atoms with Gasteiger partial charge in [0.15, 0.2) is 0 Å². The van der Waals surface area contributed by atoms with Crippen LogP contribution in [0.4, 0.5) is 0 Å². The number of aryl methyl sites for hydroxylation is 1. The molecular weight excluding hydrogens is 224 g/mol. The molecule has 1 aromatic heterocycles. The van der Waals surface area contributed by atoms with E-state index < -0.39 is 0 Å². The van der Waals surface area contributed by atoms with Gasteiger partial charge in [0.05, 0.1) is 24.4 Å². The minimum Gasteiger partial charge on any atom is -0.497 e. The van der Waals surface area contributed by atoms with E-state index in [2.05, 4.69) is 5.10 Å². The zero-order valence-electron chi connectivity index (χ0n) is 9.27. The van der Waals surface area contributed by atoms with Crippen molar-refractivity contribution in [2.45, 2.75) is 5.88 Å². The second kappa shape index (κ2) is 4.58. The third-order valence-corrected chi connectivity index (χ3v) is 2.71. The van der Waals surface area contributed by atoms with Crippen molar-refractivity contribution in [1.82, 2.24) is 9.78 Å². The first-order valence-electron chi connectivity index (χ1n) is 4.98. The third kappa shape index (κ3) is 2.04. The number of benzene rings is 1. The van der Waals surface area contributed by atoms with Crippen LogP contribution >= 0.6 is 11.6 Å². The van der Waals surface area contributed by atoms with E-state index in [0.717, 1.165) is 22.7 Å². The molecule has 0 spiro atoms. The number of halogens is 1. The van der Waals surface area contributed by atoms with Crippen molar-refractivity contribution in [3.05, 3.63) is 36.0 Å². The molecule has 0 amide bonds. The van der Waals surface area contributed by atoms with Crippen LogP contribution in [0.15, 0.2) is 30.3 Å². The summed E-state index contributed by atoms with van der Waals surface area (Å²) in [6, 6.07) is 9.87. The maximum atomic E-state index is 5.76. The molecule has 0 aliphatic rings. The number of ether oxygens (including phenoxy) is 1. The molecule has 0 atom stereocenters. The number of nitrogens with zero attached hydrogens (tertiary/aromatic N) is 2. The quantitative estimate of drug-likeness (QED) is 0.767. The van der Waals surface area contributed by atoms with Crippen LogP contribution in [0.2, 0.25) is 0 Å². The smallest absolute Gasteiger partial charge is 0.119 e. The van der Waals surface area contributed by atoms with Gasteiger partial charge in [0.1, 0.15) is 5.75 Å². The number of hydrogen-bond acceptors (Lipinski definition) is 2. The molecule has 0 fully saturated rings. The highest BCUT2D eigenvalue weighted by Gasteiger charge is 2.07. The van der Waals surface area contributed by atoms with Crippen LogP contribution in [-0.2, 0) is 12.9 Å². The van der Waals surface area contributed by atoms with Crippen molar-refractivity contribution in [3.8, 4) is 17.0 Å². The summed E-state index contributed by atoms with van der Waals surface area (Å²) >= 11 is 5.76. The van der Waals surface area contributed by atoms with Crippen molar-refractivity contribution < 1.29 is 4.74 Å². The number of aromatic nitrogens is 2. The van der Waals surface area contributed by atoms with E-state index in [9.17, 15) is 0 Å². The first kappa shape index (κ1) is 11.0. The summed E-state index contributed by atoms with van der Waals surface area (Å²) < 4.78 is 7.02. The summed E-state index contributed by atoms with van der Waals surface area (Å²) in [6.45, 7) is 0. The maximum Gasteiger partial charge on any atom is 0.119 e. The molecule has 0 bridgehead atoms. The Hall–Kier alpha value is -1.48. The van der Waals surface area contributed by atoms with Crippen molar-refractivity contribution >= 4 is 11.6 Å². The second-order valence-electron chi connectivity index (χ2n) is 3.51. The average molecular weight is 237 g/mol. The molecule has 0 N–H and O–H groups in total. The monoisotopic (exact) mass is 236 g/mol. The largest absolute Gasteiger partial charge is 0.497 e. The second-order valence-corrected chi connectivity index (χ2v) is 3.78. The van der Waals surface area contributed by atoms with Gasteiger partial charge in [-0.3, -0.25) is 4.68 Å². The first-order valence-corrected chi connectivity index (χ1v) is 5.51. The van der Waals surface area contributed by atoms with Crippen LogP contribution in [0.5, 0.6) is 5.75 Å². The van der Waals surface area contributed by atoms with Gasteiger partial charge in [-0.1, -0.05) is 12.1 Å². The van der Waals surface area contributed by atoms with Crippen LogP contribution in [0.1, 0.15) is 5.69 Å². The van der Waals surface area contributed by atoms with Crippen LogP contribution in [0.3, 0.4) is 0 Å². The van der Waals surface area contributed by atoms with E-state index in [4.69, 9.17) is 16.3 Å². The van der Waals surface area contributed by atoms with Crippen molar-refractivity contribution in [1.29, 1.82) is 0 Å². The Balaban J connectivity index is 2.45. The molecule has 16 heavy (non-hydrogen) atoms. The predicted molar refractivity (Wildman–Crippen MR) is 64.8 cm³/mol. The average Bonchev–Trinajstić information content (AvgIpc) is 2.71. The zero-order chi connectivity index (χ0) is 11.5. The lowest BCUT2D eigenvalue weighted by Gasteiger charge is -2.04. The SMILES string of the molecule is COc1cccc(-c2cc(CCl)nn2C)c1. The highest BCUT2D eigenvalue weighted by atomic mass is 35.5. The molecule has 2 rings (SSSR count). The van der Waals surface area contributed by atoms with Crippen molar-refractivity contribution in [2.24, 2.45) is 7.05 Å². The standard InChI is InChI=1S/C12H13ClN2O/c1-15-12(7-10(8-13)14-15)9-4-3-5-11(6-9)16-2/h3-7H,8H2,1-2H3. The fraction of sp³-hybridized carbons (Fsp3) is 0.250. The summed E-state index contributed by atoms with van der Waals surface area (Å²) in [7, 11) is 3.57. The Morgan fingerprint density at radius 2 is 2.19 bits per heavy atom. The van der Waals surface area contributed by atoms with Crippen molar-refractivity contribution in [3.63, 3.8) is 0 Å². The highest BCUT2D eigenvalue weighted by molar-refractivity contribution is 6.16. The highest BCUT2D eigenvalue weighted by Crippen LogP contribution is 2.24. The van der Waals surface area contributed by atoms with Crippen molar-refractivity contribution in [2.75, 3.05) is 7.11 Å². The Kier molecular flexibility index (Phi) is 3.15. The summed E-state index contributed by atoms with van der Waals surface area (Å²) in [5, 5.41) is 4.30. The van der Waals surface area contributed by atoms with E-state index in [1.54, 1.807) is 7.11 Å². The molecule has 84 valence electrons. The molecule has 0 unspecified atom stereocenters. The van der Waals surface area contributed by atoms with Crippen LogP contribution in [-0.4, -0.2) is 16.9 Å². The fourth-order valence-corrected chi connectivity index (χ4v) is 1.78. The summed E-state index contributed by atoms with van der Waals surface area (Å²) in [5.74, 6) is 1.27. The van der Waals surface area contributed by atoms with Gasteiger partial charge in [0, 0.05) is 12.6 Å². The van der Waals surface area contributed by atoms with Gasteiger partial charge in [0.2, 0.25) is 0 Å². The fourth-order valence-electron chi connectivity index (χ4n) is 1.64. The van der Waals surface area contributed by atoms with Gasteiger partial charge < -0.3 is 4.74 Å². The summed E-state index contributed by atoms with van der Waals surface area (Å²) in [6.07, 6.45) is 0. The molecule has 3 nitrogen and oxygen atoms in total. The Labute approximate surface area is 99.6 Å². The van der Waals surface area contributed by atoms with E-state index in [1.807, 2.05) is 42.1 Å². The van der Waals surface area contributed by atoms with E-state index in [0.29, 0.717) is 5.88 Å². The lowest BCUT2D eigenvalue weighted by molar-refractivity contribution is 0.415. The summed E-state index contributed by atoms with van der Waals surface area (Å²) in [4.78, 5) is 0. The van der Waals surface area contributed by atoms with Gasteiger partial charge >= 0.3 is 0 Å². The van der Waals surface area contributed by atoms with Crippen LogP contribution < -0.4 is 4.74 Å². The molecule has 1 heterocycles. The van der Waals surface area contributed by atoms with Gasteiger partial charge in [-0.2, -0.15) is 5.10 Å². The third-order valence-electron chi connectivity index (χ3n) is 2.43. The Morgan fingerprint density at radius 3 is 2.81 bits per heavy atom. The molecule has 0 saturated carbocycles. The molecular formula is C12H13ClN2O. The first-order chi connectivity index (χ1) is 7.74. The van der Waals surface area contributed by atoms with Gasteiger partial charge in [-0.15, -0.1) is 11.6 Å². The molecule has 0 radical (unpaired) electrons. The van der Waals surface area contributed by atoms with E-state index in [1.165, 1.54) is 0 Å².